The molecule has 0 aliphatic carbocycles. The number of benzene rings is 1. The van der Waals surface area contributed by atoms with Crippen LogP contribution in [0.25, 0.3) is 0 Å². The Hall–Kier alpha value is -2.28. The highest BCUT2D eigenvalue weighted by molar-refractivity contribution is 7.99. The number of hydrogen-bond acceptors (Lipinski definition) is 6. The Morgan fingerprint density at radius 3 is 2.56 bits per heavy atom. The van der Waals surface area contributed by atoms with Crippen molar-refractivity contribution in [2.45, 2.75) is 32.0 Å². The van der Waals surface area contributed by atoms with Gasteiger partial charge in [0.05, 0.1) is 6.54 Å². The van der Waals surface area contributed by atoms with E-state index < -0.39 is 0 Å². The molecule has 2 aromatic rings. The second-order valence-electron chi connectivity index (χ2n) is 5.40. The Kier molecular flexibility index (Phi) is 7.53. The Bertz CT molecular complexity index is 681. The molecule has 0 bridgehead atoms. The smallest absolute Gasteiger partial charge is 0.215 e. The van der Waals surface area contributed by atoms with Gasteiger partial charge in [0.15, 0.2) is 16.8 Å². The number of aromatic nitrogens is 2. The second-order valence-corrected chi connectivity index (χ2v) is 6.46. The van der Waals surface area contributed by atoms with Crippen LogP contribution in [0.3, 0.4) is 0 Å². The zero-order valence-electron chi connectivity index (χ0n) is 15.0. The first-order valence-electron chi connectivity index (χ1n) is 8.45. The van der Waals surface area contributed by atoms with Crippen molar-refractivity contribution >= 4 is 35.5 Å². The lowest BCUT2D eigenvalue weighted by Crippen LogP contribution is -2.24. The molecular formula is C18H25N5OS. The van der Waals surface area contributed by atoms with Crippen LogP contribution in [0.5, 0.6) is 0 Å². The number of thioether (sulfide) groups is 1. The maximum Gasteiger partial charge on any atom is 0.215 e. The van der Waals surface area contributed by atoms with Crippen LogP contribution >= 0.6 is 11.8 Å². The minimum Gasteiger partial charge on any atom is -0.382 e. The molecule has 0 saturated carbocycles. The zero-order valence-corrected chi connectivity index (χ0v) is 15.8. The van der Waals surface area contributed by atoms with E-state index in [9.17, 15) is 4.79 Å². The molecule has 7 heteroatoms. The summed E-state index contributed by atoms with van der Waals surface area (Å²) >= 11 is 1.60. The summed E-state index contributed by atoms with van der Waals surface area (Å²) in [6.45, 7) is 5.33. The van der Waals surface area contributed by atoms with Crippen LogP contribution in [0.2, 0.25) is 0 Å². The highest BCUT2D eigenvalue weighted by atomic mass is 32.2. The third kappa shape index (κ3) is 5.09. The van der Waals surface area contributed by atoms with E-state index in [1.807, 2.05) is 44.3 Å². The Balaban J connectivity index is 2.43. The quantitative estimate of drug-likeness (QED) is 0.384. The van der Waals surface area contributed by atoms with Gasteiger partial charge in [0.25, 0.3) is 0 Å². The van der Waals surface area contributed by atoms with E-state index in [0.717, 1.165) is 36.4 Å². The lowest BCUT2D eigenvalue weighted by Gasteiger charge is -2.22. The Morgan fingerprint density at radius 2 is 1.96 bits per heavy atom. The molecule has 6 nitrogen and oxygen atoms in total. The molecule has 0 spiro atoms. The van der Waals surface area contributed by atoms with Crippen molar-refractivity contribution in [2.24, 2.45) is 0 Å². The SMILES string of the molecule is CCCSc1nc(NCC)c(NC)c(N(C=O)Cc2ccccc2)n1. The van der Waals surface area contributed by atoms with E-state index in [-0.39, 0.29) is 0 Å². The number of anilines is 3. The van der Waals surface area contributed by atoms with Gasteiger partial charge < -0.3 is 10.6 Å². The van der Waals surface area contributed by atoms with Gasteiger partial charge in [-0.05, 0) is 18.9 Å². The summed E-state index contributed by atoms with van der Waals surface area (Å²) in [5, 5.41) is 7.07. The number of rotatable bonds is 10. The van der Waals surface area contributed by atoms with Crippen molar-refractivity contribution in [2.75, 3.05) is 34.9 Å². The predicted octanol–water partition coefficient (Wildman–Crippen LogP) is 3.62. The molecular weight excluding hydrogens is 334 g/mol. The Labute approximate surface area is 153 Å². The van der Waals surface area contributed by atoms with Crippen molar-refractivity contribution in [1.29, 1.82) is 0 Å². The maximum atomic E-state index is 11.8. The average Bonchev–Trinajstić information content (AvgIpc) is 2.65. The standard InChI is InChI=1S/C18H25N5OS/c1-4-11-25-18-21-16(20-5-2)15(19-3)17(22-18)23(13-24)12-14-9-7-6-8-10-14/h6-10,13,19H,4-5,11-12H2,1-3H3,(H,20,21,22). The van der Waals surface area contributed by atoms with Gasteiger partial charge in [-0.15, -0.1) is 0 Å². The first-order valence-corrected chi connectivity index (χ1v) is 9.44. The molecule has 1 aromatic carbocycles. The first-order chi connectivity index (χ1) is 12.2. The van der Waals surface area contributed by atoms with Crippen molar-refractivity contribution in [1.82, 2.24) is 9.97 Å². The highest BCUT2D eigenvalue weighted by Gasteiger charge is 2.19. The summed E-state index contributed by atoms with van der Waals surface area (Å²) in [6.07, 6.45) is 1.86. The van der Waals surface area contributed by atoms with Crippen LogP contribution in [-0.4, -0.2) is 35.7 Å². The van der Waals surface area contributed by atoms with E-state index >= 15 is 0 Å². The molecule has 0 saturated heterocycles. The second kappa shape index (κ2) is 9.88. The fourth-order valence-electron chi connectivity index (χ4n) is 2.36. The number of carbonyl (C=O) groups is 1. The summed E-state index contributed by atoms with van der Waals surface area (Å²) < 4.78 is 0. The van der Waals surface area contributed by atoms with E-state index in [2.05, 4.69) is 27.5 Å². The van der Waals surface area contributed by atoms with Gasteiger partial charge >= 0.3 is 0 Å². The first kappa shape index (κ1) is 19.1. The van der Waals surface area contributed by atoms with Gasteiger partial charge in [0, 0.05) is 19.3 Å². The molecule has 0 radical (unpaired) electrons. The van der Waals surface area contributed by atoms with Crippen LogP contribution in [0.1, 0.15) is 25.8 Å². The largest absolute Gasteiger partial charge is 0.382 e. The molecule has 2 N–H and O–H groups in total. The highest BCUT2D eigenvalue weighted by Crippen LogP contribution is 2.33. The predicted molar refractivity (Wildman–Crippen MR) is 105 cm³/mol. The van der Waals surface area contributed by atoms with Gasteiger partial charge in [-0.1, -0.05) is 49.0 Å². The number of nitrogens with one attached hydrogen (secondary N) is 2. The van der Waals surface area contributed by atoms with Crippen LogP contribution in [0, 0.1) is 0 Å². The summed E-state index contributed by atoms with van der Waals surface area (Å²) in [6, 6.07) is 9.87. The van der Waals surface area contributed by atoms with E-state index in [1.165, 1.54) is 0 Å². The normalized spacial score (nSPS) is 10.4. The minimum absolute atomic E-state index is 0.458. The summed E-state index contributed by atoms with van der Waals surface area (Å²) in [4.78, 5) is 22.6. The van der Waals surface area contributed by atoms with Crippen molar-refractivity contribution in [3.8, 4) is 0 Å². The van der Waals surface area contributed by atoms with Gasteiger partial charge in [-0.2, -0.15) is 0 Å². The lowest BCUT2D eigenvalue weighted by molar-refractivity contribution is -0.107. The third-order valence-electron chi connectivity index (χ3n) is 3.49. The van der Waals surface area contributed by atoms with Crippen molar-refractivity contribution < 1.29 is 4.79 Å². The third-order valence-corrected chi connectivity index (χ3v) is 4.55. The monoisotopic (exact) mass is 359 g/mol. The lowest BCUT2D eigenvalue weighted by atomic mass is 10.2. The van der Waals surface area contributed by atoms with Gasteiger partial charge in [0.2, 0.25) is 6.41 Å². The fourth-order valence-corrected chi connectivity index (χ4v) is 3.06. The van der Waals surface area contributed by atoms with E-state index in [1.54, 1.807) is 16.7 Å². The Morgan fingerprint density at radius 1 is 1.20 bits per heavy atom. The van der Waals surface area contributed by atoms with Gasteiger partial charge in [-0.3, -0.25) is 9.69 Å². The van der Waals surface area contributed by atoms with Crippen LogP contribution in [0.15, 0.2) is 35.5 Å². The molecule has 1 aromatic heterocycles. The molecule has 0 aliphatic heterocycles. The molecule has 0 atom stereocenters. The molecule has 134 valence electrons. The van der Waals surface area contributed by atoms with Gasteiger partial charge in [-0.25, -0.2) is 9.97 Å². The number of nitrogens with zero attached hydrogens (tertiary/aromatic N) is 3. The topological polar surface area (TPSA) is 70.2 Å². The van der Waals surface area contributed by atoms with Crippen molar-refractivity contribution in [3.63, 3.8) is 0 Å². The molecule has 1 heterocycles. The molecule has 25 heavy (non-hydrogen) atoms. The zero-order chi connectivity index (χ0) is 18.1. The van der Waals surface area contributed by atoms with Crippen LogP contribution in [-0.2, 0) is 11.3 Å². The van der Waals surface area contributed by atoms with Crippen molar-refractivity contribution in [3.05, 3.63) is 35.9 Å². The molecule has 1 amide bonds. The molecule has 0 unspecified atom stereocenters. The number of amides is 1. The minimum atomic E-state index is 0.458. The van der Waals surface area contributed by atoms with Crippen LogP contribution < -0.4 is 15.5 Å². The van der Waals surface area contributed by atoms with E-state index in [4.69, 9.17) is 0 Å². The molecule has 0 aliphatic rings. The maximum absolute atomic E-state index is 11.8. The summed E-state index contributed by atoms with van der Waals surface area (Å²) in [5.41, 5.74) is 1.77. The van der Waals surface area contributed by atoms with Crippen LogP contribution in [0.4, 0.5) is 17.3 Å². The molecule has 2 rings (SSSR count). The average molecular weight is 359 g/mol. The summed E-state index contributed by atoms with van der Waals surface area (Å²) in [5.74, 6) is 2.24. The molecule has 0 fully saturated rings. The number of hydrogen-bond donors (Lipinski definition) is 2. The number of carbonyl (C=O) groups excluding carboxylic acids is 1. The van der Waals surface area contributed by atoms with Gasteiger partial charge in [0.1, 0.15) is 5.69 Å². The summed E-state index contributed by atoms with van der Waals surface area (Å²) in [7, 11) is 1.81. The van der Waals surface area contributed by atoms with E-state index in [0.29, 0.717) is 23.3 Å². The fraction of sp³-hybridized carbons (Fsp3) is 0.389.